The summed E-state index contributed by atoms with van der Waals surface area (Å²) in [5, 5.41) is 8.63. The van der Waals surface area contributed by atoms with Gasteiger partial charge in [0.05, 0.1) is 6.10 Å². The van der Waals surface area contributed by atoms with Crippen LogP contribution in [0.4, 0.5) is 0 Å². The smallest absolute Gasteiger partial charge is 0.242 e. The summed E-state index contributed by atoms with van der Waals surface area (Å²) in [5.41, 5.74) is 0.189. The Bertz CT molecular complexity index is 577. The predicted octanol–water partition coefficient (Wildman–Crippen LogP) is 0.799. The second-order valence-corrected chi connectivity index (χ2v) is 6.14. The van der Waals surface area contributed by atoms with Crippen molar-refractivity contribution >= 4 is 10.0 Å². The summed E-state index contributed by atoms with van der Waals surface area (Å²) in [7, 11) is -2.03. The fourth-order valence-corrected chi connectivity index (χ4v) is 3.46. The van der Waals surface area contributed by atoms with E-state index in [1.807, 2.05) is 6.07 Å². The third kappa shape index (κ3) is 3.10. The van der Waals surface area contributed by atoms with Crippen molar-refractivity contribution in [3.8, 4) is 6.07 Å². The monoisotopic (exact) mass is 281 g/mol. The summed E-state index contributed by atoms with van der Waals surface area (Å²) in [5.74, 6) is 0. The Morgan fingerprint density at radius 3 is 2.84 bits per heavy atom. The molecule has 2 rings (SSSR count). The van der Waals surface area contributed by atoms with E-state index < -0.39 is 10.0 Å². The fourth-order valence-electron chi connectivity index (χ4n) is 2.22. The molecule has 1 saturated carbocycles. The topological polar surface area (TPSA) is 92.1 Å². The molecule has 1 aromatic rings. The second kappa shape index (κ2) is 5.65. The number of pyridine rings is 1. The maximum Gasteiger partial charge on any atom is 0.242 e. The summed E-state index contributed by atoms with van der Waals surface area (Å²) in [6.45, 7) is 0. The molecule has 102 valence electrons. The van der Waals surface area contributed by atoms with Crippen molar-refractivity contribution in [2.24, 2.45) is 0 Å². The van der Waals surface area contributed by atoms with Gasteiger partial charge in [-0.05, 0) is 31.4 Å². The molecule has 0 amide bonds. The maximum atomic E-state index is 12.2. The van der Waals surface area contributed by atoms with Gasteiger partial charge in [0.15, 0.2) is 0 Å². The molecule has 1 N–H and O–H groups in total. The number of nitriles is 1. The number of nitrogens with zero attached hydrogens (tertiary/aromatic N) is 2. The Morgan fingerprint density at radius 1 is 1.47 bits per heavy atom. The minimum absolute atomic E-state index is 0.0632. The number of aromatic nitrogens is 1. The average Bonchev–Trinajstić information content (AvgIpc) is 2.85. The highest BCUT2D eigenvalue weighted by molar-refractivity contribution is 7.89. The van der Waals surface area contributed by atoms with E-state index >= 15 is 0 Å². The zero-order valence-electron chi connectivity index (χ0n) is 10.5. The van der Waals surface area contributed by atoms with E-state index in [1.54, 1.807) is 7.11 Å². The van der Waals surface area contributed by atoms with Gasteiger partial charge in [0.1, 0.15) is 16.7 Å². The lowest BCUT2D eigenvalue weighted by molar-refractivity contribution is 0.0916. The molecule has 0 spiro atoms. The summed E-state index contributed by atoms with van der Waals surface area (Å²) in [4.78, 5) is 3.83. The molecule has 1 heterocycles. The highest BCUT2D eigenvalue weighted by atomic mass is 32.2. The van der Waals surface area contributed by atoms with Gasteiger partial charge in [0, 0.05) is 19.3 Å². The van der Waals surface area contributed by atoms with Gasteiger partial charge in [-0.1, -0.05) is 0 Å². The third-order valence-corrected chi connectivity index (χ3v) is 4.70. The average molecular weight is 281 g/mol. The van der Waals surface area contributed by atoms with Crippen LogP contribution in [-0.4, -0.2) is 32.7 Å². The van der Waals surface area contributed by atoms with Gasteiger partial charge in [0.25, 0.3) is 0 Å². The number of methoxy groups -OCH3 is 1. The number of hydrogen-bond donors (Lipinski definition) is 1. The first kappa shape index (κ1) is 13.9. The molecule has 2 unspecified atom stereocenters. The first-order chi connectivity index (χ1) is 9.06. The minimum Gasteiger partial charge on any atom is -0.380 e. The van der Waals surface area contributed by atoms with Gasteiger partial charge >= 0.3 is 0 Å². The number of ether oxygens (including phenoxy) is 1. The van der Waals surface area contributed by atoms with Gasteiger partial charge in [-0.2, -0.15) is 5.26 Å². The van der Waals surface area contributed by atoms with Crippen LogP contribution in [0.25, 0.3) is 0 Å². The lowest BCUT2D eigenvalue weighted by Crippen LogP contribution is -2.40. The van der Waals surface area contributed by atoms with Crippen LogP contribution < -0.4 is 4.72 Å². The quantitative estimate of drug-likeness (QED) is 0.881. The molecule has 0 aromatic carbocycles. The Morgan fingerprint density at radius 2 is 2.26 bits per heavy atom. The van der Waals surface area contributed by atoms with Crippen molar-refractivity contribution in [3.05, 3.63) is 24.0 Å². The number of hydrogen-bond acceptors (Lipinski definition) is 5. The van der Waals surface area contributed by atoms with Crippen LogP contribution in [0, 0.1) is 11.3 Å². The molecular formula is C12H15N3O3S. The summed E-state index contributed by atoms with van der Waals surface area (Å²) in [6, 6.07) is 4.41. The lowest BCUT2D eigenvalue weighted by atomic mass is 10.2. The molecule has 0 radical (unpaired) electrons. The van der Waals surface area contributed by atoms with Gasteiger partial charge in [-0.3, -0.25) is 0 Å². The second-order valence-electron chi connectivity index (χ2n) is 4.42. The zero-order valence-corrected chi connectivity index (χ0v) is 11.4. The first-order valence-electron chi connectivity index (χ1n) is 5.98. The van der Waals surface area contributed by atoms with Crippen molar-refractivity contribution in [1.82, 2.24) is 9.71 Å². The molecule has 1 aromatic heterocycles. The standard InChI is InChI=1S/C12H15N3O3S/c1-18-12-4-2-3-11(12)15-19(16,17)10-6-5-9(7-13)14-8-10/h5-6,8,11-12,15H,2-4H2,1H3. The van der Waals surface area contributed by atoms with Crippen molar-refractivity contribution in [2.75, 3.05) is 7.11 Å². The molecule has 7 heteroatoms. The highest BCUT2D eigenvalue weighted by Crippen LogP contribution is 2.23. The van der Waals surface area contributed by atoms with Crippen LogP contribution in [0.15, 0.2) is 23.2 Å². The van der Waals surface area contributed by atoms with Crippen LogP contribution in [0.3, 0.4) is 0 Å². The first-order valence-corrected chi connectivity index (χ1v) is 7.46. The molecule has 0 saturated heterocycles. The molecule has 0 bridgehead atoms. The molecule has 1 fully saturated rings. The van der Waals surface area contributed by atoms with Crippen LogP contribution in [0.2, 0.25) is 0 Å². The van der Waals surface area contributed by atoms with Crippen LogP contribution in [0.1, 0.15) is 25.0 Å². The maximum absolute atomic E-state index is 12.2. The van der Waals surface area contributed by atoms with Gasteiger partial charge in [-0.25, -0.2) is 18.1 Å². The van der Waals surface area contributed by atoms with E-state index in [1.165, 1.54) is 18.3 Å². The molecule has 1 aliphatic rings. The van der Waals surface area contributed by atoms with Crippen LogP contribution in [-0.2, 0) is 14.8 Å². The van der Waals surface area contributed by atoms with Crippen molar-refractivity contribution < 1.29 is 13.2 Å². The van der Waals surface area contributed by atoms with E-state index in [0.29, 0.717) is 0 Å². The highest BCUT2D eigenvalue weighted by Gasteiger charge is 2.31. The van der Waals surface area contributed by atoms with Crippen LogP contribution in [0.5, 0.6) is 0 Å². The lowest BCUT2D eigenvalue weighted by Gasteiger charge is -2.19. The molecule has 2 atom stereocenters. The summed E-state index contributed by atoms with van der Waals surface area (Å²) >= 11 is 0. The molecule has 0 aliphatic heterocycles. The van der Waals surface area contributed by atoms with Crippen LogP contribution >= 0.6 is 0 Å². The fraction of sp³-hybridized carbons (Fsp3) is 0.500. The Kier molecular flexibility index (Phi) is 4.14. The van der Waals surface area contributed by atoms with E-state index in [4.69, 9.17) is 10.00 Å². The van der Waals surface area contributed by atoms with E-state index in [2.05, 4.69) is 9.71 Å². The van der Waals surface area contributed by atoms with Gasteiger partial charge in [-0.15, -0.1) is 0 Å². The van der Waals surface area contributed by atoms with Crippen molar-refractivity contribution in [2.45, 2.75) is 36.3 Å². The van der Waals surface area contributed by atoms with E-state index in [9.17, 15) is 8.42 Å². The SMILES string of the molecule is COC1CCCC1NS(=O)(=O)c1ccc(C#N)nc1. The zero-order chi connectivity index (χ0) is 13.9. The third-order valence-electron chi connectivity index (χ3n) is 3.22. The molecular weight excluding hydrogens is 266 g/mol. The van der Waals surface area contributed by atoms with Gasteiger partial charge in [0.2, 0.25) is 10.0 Å². The number of rotatable bonds is 4. The molecule has 1 aliphatic carbocycles. The van der Waals surface area contributed by atoms with E-state index in [0.717, 1.165) is 19.3 Å². The summed E-state index contributed by atoms with van der Waals surface area (Å²) in [6.07, 6.45) is 3.67. The largest absolute Gasteiger partial charge is 0.380 e. The van der Waals surface area contributed by atoms with Gasteiger partial charge < -0.3 is 4.74 Å². The number of nitrogens with one attached hydrogen (secondary N) is 1. The number of sulfonamides is 1. The van der Waals surface area contributed by atoms with E-state index in [-0.39, 0.29) is 22.7 Å². The van der Waals surface area contributed by atoms with Crippen molar-refractivity contribution in [1.29, 1.82) is 5.26 Å². The predicted molar refractivity (Wildman–Crippen MR) is 67.7 cm³/mol. The van der Waals surface area contributed by atoms with Crippen molar-refractivity contribution in [3.63, 3.8) is 0 Å². The molecule has 19 heavy (non-hydrogen) atoms. The summed E-state index contributed by atoms with van der Waals surface area (Å²) < 4.78 is 32.2. The Balaban J connectivity index is 2.15. The minimum atomic E-state index is -3.61. The Hall–Kier alpha value is -1.49. The Labute approximate surface area is 112 Å². The normalized spacial score (nSPS) is 23.2. The molecule has 6 nitrogen and oxygen atoms in total.